The van der Waals surface area contributed by atoms with Crippen LogP contribution in [-0.2, 0) is 11.3 Å². The molecule has 0 fully saturated rings. The summed E-state index contributed by atoms with van der Waals surface area (Å²) in [4.78, 5) is 23.8. The molecule has 2 N–H and O–H groups in total. The predicted octanol–water partition coefficient (Wildman–Crippen LogP) is 3.24. The van der Waals surface area contributed by atoms with Crippen molar-refractivity contribution in [3.8, 4) is 0 Å². The Balaban J connectivity index is 2.19. The summed E-state index contributed by atoms with van der Waals surface area (Å²) in [6, 6.07) is 7.73. The van der Waals surface area contributed by atoms with Crippen LogP contribution in [0.15, 0.2) is 28.7 Å². The van der Waals surface area contributed by atoms with Gasteiger partial charge >= 0.3 is 12.0 Å². The average Bonchev–Trinajstić information content (AvgIpc) is 2.44. The van der Waals surface area contributed by atoms with E-state index < -0.39 is 5.97 Å². The van der Waals surface area contributed by atoms with E-state index in [0.717, 1.165) is 22.9 Å². The van der Waals surface area contributed by atoms with Crippen LogP contribution in [0.25, 0.3) is 0 Å². The number of urea groups is 1. The molecular formula is C15H21BrN2O3. The van der Waals surface area contributed by atoms with Crippen molar-refractivity contribution in [2.75, 3.05) is 13.6 Å². The SMILES string of the molecule is CN(Cc1ccc(Br)cc1)C(=O)NCCCCCC(=O)O. The number of carbonyl (C=O) groups excluding carboxylic acids is 1. The molecule has 1 rings (SSSR count). The zero-order chi connectivity index (χ0) is 15.7. The van der Waals surface area contributed by atoms with Crippen LogP contribution in [0.2, 0.25) is 0 Å². The van der Waals surface area contributed by atoms with Gasteiger partial charge in [0.2, 0.25) is 0 Å². The molecule has 0 aliphatic heterocycles. The minimum atomic E-state index is -0.770. The molecule has 0 spiro atoms. The molecule has 0 radical (unpaired) electrons. The number of carboxylic acid groups (broad SMARTS) is 1. The number of halogens is 1. The minimum absolute atomic E-state index is 0.115. The van der Waals surface area contributed by atoms with Gasteiger partial charge in [0.05, 0.1) is 0 Å². The molecule has 0 aliphatic carbocycles. The lowest BCUT2D eigenvalue weighted by molar-refractivity contribution is -0.137. The van der Waals surface area contributed by atoms with Crippen molar-refractivity contribution in [3.05, 3.63) is 34.3 Å². The summed E-state index contributed by atoms with van der Waals surface area (Å²) in [5.41, 5.74) is 1.07. The molecule has 5 nitrogen and oxygen atoms in total. The van der Waals surface area contributed by atoms with Gasteiger partial charge in [-0.25, -0.2) is 4.79 Å². The Morgan fingerprint density at radius 3 is 2.48 bits per heavy atom. The van der Waals surface area contributed by atoms with Crippen LogP contribution in [0.1, 0.15) is 31.2 Å². The van der Waals surface area contributed by atoms with Gasteiger partial charge in [0.1, 0.15) is 0 Å². The van der Waals surface area contributed by atoms with Crippen LogP contribution >= 0.6 is 15.9 Å². The van der Waals surface area contributed by atoms with Gasteiger partial charge in [-0.05, 0) is 30.5 Å². The highest BCUT2D eigenvalue weighted by Gasteiger charge is 2.08. The molecule has 116 valence electrons. The Hall–Kier alpha value is -1.56. The van der Waals surface area contributed by atoms with Crippen molar-refractivity contribution >= 4 is 27.9 Å². The zero-order valence-corrected chi connectivity index (χ0v) is 13.7. The van der Waals surface area contributed by atoms with E-state index in [9.17, 15) is 9.59 Å². The van der Waals surface area contributed by atoms with Crippen LogP contribution in [0, 0.1) is 0 Å². The maximum Gasteiger partial charge on any atom is 0.317 e. The molecule has 1 aromatic rings. The highest BCUT2D eigenvalue weighted by Crippen LogP contribution is 2.11. The van der Waals surface area contributed by atoms with E-state index in [-0.39, 0.29) is 12.5 Å². The number of rotatable bonds is 8. The van der Waals surface area contributed by atoms with Crippen molar-refractivity contribution in [2.45, 2.75) is 32.2 Å². The van der Waals surface area contributed by atoms with E-state index in [2.05, 4.69) is 21.2 Å². The second-order valence-corrected chi connectivity index (χ2v) is 5.83. The van der Waals surface area contributed by atoms with Crippen LogP contribution < -0.4 is 5.32 Å². The van der Waals surface area contributed by atoms with Gasteiger partial charge in [0, 0.05) is 31.0 Å². The van der Waals surface area contributed by atoms with Crippen LogP contribution in [0.5, 0.6) is 0 Å². The summed E-state index contributed by atoms with van der Waals surface area (Å²) in [6.07, 6.45) is 2.45. The molecule has 0 aromatic heterocycles. The van der Waals surface area contributed by atoms with Crippen LogP contribution in [0.4, 0.5) is 4.79 Å². The first-order valence-corrected chi connectivity index (χ1v) is 7.73. The summed E-state index contributed by atoms with van der Waals surface area (Å²) in [5.74, 6) is -0.770. The van der Waals surface area contributed by atoms with Crippen molar-refractivity contribution in [1.82, 2.24) is 10.2 Å². The molecule has 6 heteroatoms. The van der Waals surface area contributed by atoms with Crippen molar-refractivity contribution < 1.29 is 14.7 Å². The van der Waals surface area contributed by atoms with E-state index in [1.54, 1.807) is 11.9 Å². The fourth-order valence-electron chi connectivity index (χ4n) is 1.84. The highest BCUT2D eigenvalue weighted by molar-refractivity contribution is 9.10. The largest absolute Gasteiger partial charge is 0.481 e. The molecular weight excluding hydrogens is 336 g/mol. The Bertz CT molecular complexity index is 462. The van der Waals surface area contributed by atoms with E-state index >= 15 is 0 Å². The lowest BCUT2D eigenvalue weighted by Crippen LogP contribution is -2.37. The molecule has 0 saturated heterocycles. The van der Waals surface area contributed by atoms with Gasteiger partial charge in [-0.1, -0.05) is 34.5 Å². The van der Waals surface area contributed by atoms with Crippen molar-refractivity contribution in [3.63, 3.8) is 0 Å². The molecule has 2 amide bonds. The second kappa shape index (κ2) is 9.39. The topological polar surface area (TPSA) is 69.6 Å². The van der Waals surface area contributed by atoms with Gasteiger partial charge in [-0.2, -0.15) is 0 Å². The predicted molar refractivity (Wildman–Crippen MR) is 85.1 cm³/mol. The van der Waals surface area contributed by atoms with Gasteiger partial charge in [-0.3, -0.25) is 4.79 Å². The summed E-state index contributed by atoms with van der Waals surface area (Å²) in [6.45, 7) is 1.13. The Kier molecular flexibility index (Phi) is 7.82. The summed E-state index contributed by atoms with van der Waals surface area (Å²) in [7, 11) is 1.75. The maximum absolute atomic E-state index is 11.9. The Labute approximate surface area is 133 Å². The van der Waals surface area contributed by atoms with Crippen molar-refractivity contribution in [2.24, 2.45) is 0 Å². The third kappa shape index (κ3) is 7.70. The number of hydrogen-bond acceptors (Lipinski definition) is 2. The molecule has 0 unspecified atom stereocenters. The molecule has 21 heavy (non-hydrogen) atoms. The fraction of sp³-hybridized carbons (Fsp3) is 0.467. The summed E-state index contributed by atoms with van der Waals surface area (Å²) >= 11 is 3.37. The monoisotopic (exact) mass is 356 g/mol. The standard InChI is InChI=1S/C15H21BrN2O3/c1-18(11-12-6-8-13(16)9-7-12)15(21)17-10-4-2-3-5-14(19)20/h6-9H,2-5,10-11H2,1H3,(H,17,21)(H,19,20). The first-order valence-electron chi connectivity index (χ1n) is 6.94. The Morgan fingerprint density at radius 1 is 1.19 bits per heavy atom. The van der Waals surface area contributed by atoms with Gasteiger partial charge < -0.3 is 15.3 Å². The third-order valence-electron chi connectivity index (χ3n) is 3.02. The molecule has 0 aliphatic rings. The summed E-state index contributed by atoms with van der Waals surface area (Å²) < 4.78 is 1.01. The highest BCUT2D eigenvalue weighted by atomic mass is 79.9. The third-order valence-corrected chi connectivity index (χ3v) is 3.55. The Morgan fingerprint density at radius 2 is 1.86 bits per heavy atom. The number of carbonyl (C=O) groups is 2. The quantitative estimate of drug-likeness (QED) is 0.702. The number of benzene rings is 1. The molecule has 0 bridgehead atoms. The van der Waals surface area contributed by atoms with E-state index in [4.69, 9.17) is 5.11 Å². The number of nitrogens with zero attached hydrogens (tertiary/aromatic N) is 1. The lowest BCUT2D eigenvalue weighted by atomic mass is 10.2. The normalized spacial score (nSPS) is 10.2. The molecule has 0 saturated carbocycles. The average molecular weight is 357 g/mol. The van der Waals surface area contributed by atoms with E-state index in [0.29, 0.717) is 19.5 Å². The smallest absolute Gasteiger partial charge is 0.317 e. The van der Waals surface area contributed by atoms with Gasteiger partial charge in [0.15, 0.2) is 0 Å². The number of unbranched alkanes of at least 4 members (excludes halogenated alkanes) is 2. The minimum Gasteiger partial charge on any atom is -0.481 e. The number of nitrogens with one attached hydrogen (secondary N) is 1. The molecule has 0 heterocycles. The second-order valence-electron chi connectivity index (χ2n) is 4.92. The van der Waals surface area contributed by atoms with Crippen LogP contribution in [0.3, 0.4) is 0 Å². The summed E-state index contributed by atoms with van der Waals surface area (Å²) in [5, 5.41) is 11.3. The van der Waals surface area contributed by atoms with E-state index in [1.165, 1.54) is 0 Å². The van der Waals surface area contributed by atoms with Crippen LogP contribution in [-0.4, -0.2) is 35.6 Å². The van der Waals surface area contributed by atoms with E-state index in [1.807, 2.05) is 24.3 Å². The fourth-order valence-corrected chi connectivity index (χ4v) is 2.11. The molecule has 0 atom stereocenters. The van der Waals surface area contributed by atoms with Crippen molar-refractivity contribution in [1.29, 1.82) is 0 Å². The first kappa shape index (κ1) is 17.5. The van der Waals surface area contributed by atoms with Gasteiger partial charge in [-0.15, -0.1) is 0 Å². The number of carboxylic acids is 1. The zero-order valence-electron chi connectivity index (χ0n) is 12.1. The van der Waals surface area contributed by atoms with Gasteiger partial charge in [0.25, 0.3) is 0 Å². The first-order chi connectivity index (χ1) is 9.99. The number of hydrogen-bond donors (Lipinski definition) is 2. The molecule has 1 aromatic carbocycles. The number of aliphatic carboxylic acids is 1. The lowest BCUT2D eigenvalue weighted by Gasteiger charge is -2.18. The number of amides is 2. The maximum atomic E-state index is 11.9.